The number of cyclic esters (lactones) is 2. The van der Waals surface area contributed by atoms with Gasteiger partial charge >= 0.3 is 17.6 Å². The molecule has 0 radical (unpaired) electrons. The largest absolute Gasteiger partial charge is 0.427 e. The predicted octanol–water partition coefficient (Wildman–Crippen LogP) is 5.62. The number of ether oxygens (including phenoxy) is 1. The highest BCUT2D eigenvalue weighted by atomic mass is 35.5. The minimum Gasteiger partial charge on any atom is -0.427 e. The Kier molecular flexibility index (Phi) is 10.9. The number of ketones is 2. The maximum absolute atomic E-state index is 12.0. The van der Waals surface area contributed by atoms with Crippen LogP contribution in [0.25, 0.3) is 10.8 Å². The van der Waals surface area contributed by atoms with Gasteiger partial charge in [0.25, 0.3) is 0 Å². The average molecular weight is 569 g/mol. The molecule has 0 N–H and O–H groups in total. The second-order valence-corrected chi connectivity index (χ2v) is 10.4. The quantitative estimate of drug-likeness (QED) is 0.225. The number of fused-ring (bicyclic) bond motifs is 2. The highest BCUT2D eigenvalue weighted by Gasteiger charge is 2.26. The van der Waals surface area contributed by atoms with Crippen LogP contribution in [0.15, 0.2) is 39.5 Å². The standard InChI is InChI=1S/C15H16O3.C11H10O3.C5H7ClO2/c1-8-5-9(2)14-12(6-8)7-13(18-15(14)17)10(3)11(4)16;1-6-3-7(2)10-8(4-6)5-9(12)14-11(10)13;1-3(4(2)7)5(6)8/h5-7,10H,1-4H3;3-4H,5H2,1-2H3;3H,1-2H3. The number of carbonyl (C=O) groups excluding carboxylic acids is 5. The number of benzene rings is 2. The van der Waals surface area contributed by atoms with Crippen LogP contribution in [-0.4, -0.2) is 28.7 Å². The van der Waals surface area contributed by atoms with Gasteiger partial charge in [-0.05, 0) is 95.1 Å². The lowest BCUT2D eigenvalue weighted by molar-refractivity contribution is -0.138. The summed E-state index contributed by atoms with van der Waals surface area (Å²) in [6, 6.07) is 9.46. The third-order valence-corrected chi connectivity index (χ3v) is 6.84. The number of aryl methyl sites for hydroxylation is 4. The number of carbonyl (C=O) groups is 5. The topological polar surface area (TPSA) is 125 Å². The smallest absolute Gasteiger partial charge is 0.346 e. The lowest BCUT2D eigenvalue weighted by atomic mass is 9.95. The molecule has 8 nitrogen and oxygen atoms in total. The molecule has 0 spiro atoms. The van der Waals surface area contributed by atoms with Crippen LogP contribution in [0.1, 0.15) is 77.5 Å². The van der Waals surface area contributed by atoms with Gasteiger partial charge in [0.2, 0.25) is 5.24 Å². The van der Waals surface area contributed by atoms with Crippen molar-refractivity contribution in [1.29, 1.82) is 0 Å². The van der Waals surface area contributed by atoms with Gasteiger partial charge in [0.05, 0.1) is 29.2 Å². The van der Waals surface area contributed by atoms with Gasteiger partial charge in [-0.15, -0.1) is 0 Å². The number of hydrogen-bond donors (Lipinski definition) is 0. The van der Waals surface area contributed by atoms with Crippen molar-refractivity contribution in [3.63, 3.8) is 0 Å². The van der Waals surface area contributed by atoms with Crippen molar-refractivity contribution < 1.29 is 33.1 Å². The zero-order chi connectivity index (χ0) is 30.5. The van der Waals surface area contributed by atoms with E-state index in [1.807, 2.05) is 52.0 Å². The summed E-state index contributed by atoms with van der Waals surface area (Å²) in [7, 11) is 0. The molecular formula is C31H33ClO8. The zero-order valence-electron chi connectivity index (χ0n) is 23.9. The van der Waals surface area contributed by atoms with Crippen LogP contribution in [0.3, 0.4) is 0 Å². The van der Waals surface area contributed by atoms with E-state index in [1.54, 1.807) is 13.0 Å². The Labute approximate surface area is 237 Å². The summed E-state index contributed by atoms with van der Waals surface area (Å²) >= 11 is 4.96. The summed E-state index contributed by atoms with van der Waals surface area (Å²) in [6.45, 7) is 13.7. The molecule has 0 amide bonds. The number of hydrogen-bond acceptors (Lipinski definition) is 8. The van der Waals surface area contributed by atoms with Gasteiger partial charge in [-0.3, -0.25) is 19.2 Å². The first-order valence-corrected chi connectivity index (χ1v) is 13.0. The lowest BCUT2D eigenvalue weighted by Crippen LogP contribution is -2.24. The van der Waals surface area contributed by atoms with Crippen molar-refractivity contribution >= 4 is 51.1 Å². The molecule has 1 aliphatic rings. The van der Waals surface area contributed by atoms with E-state index in [0.717, 1.165) is 33.2 Å². The summed E-state index contributed by atoms with van der Waals surface area (Å²) in [4.78, 5) is 66.2. The van der Waals surface area contributed by atoms with Gasteiger partial charge in [0.15, 0.2) is 0 Å². The zero-order valence-corrected chi connectivity index (χ0v) is 24.6. The fourth-order valence-electron chi connectivity index (χ4n) is 4.14. The van der Waals surface area contributed by atoms with Crippen molar-refractivity contribution in [2.45, 2.75) is 67.7 Å². The van der Waals surface area contributed by atoms with Gasteiger partial charge in [-0.2, -0.15) is 0 Å². The van der Waals surface area contributed by atoms with E-state index in [-0.39, 0.29) is 29.5 Å². The van der Waals surface area contributed by atoms with Crippen molar-refractivity contribution in [1.82, 2.24) is 0 Å². The molecule has 212 valence electrons. The van der Waals surface area contributed by atoms with Crippen LogP contribution in [-0.2, 0) is 30.3 Å². The molecule has 0 saturated carbocycles. The molecule has 4 rings (SSSR count). The molecule has 9 heteroatoms. The lowest BCUT2D eigenvalue weighted by Gasteiger charge is -2.16. The third kappa shape index (κ3) is 8.05. The van der Waals surface area contributed by atoms with E-state index in [9.17, 15) is 28.8 Å². The number of halogens is 1. The van der Waals surface area contributed by atoms with Crippen LogP contribution >= 0.6 is 11.6 Å². The minimum absolute atomic E-state index is 0.0122. The van der Waals surface area contributed by atoms with Gasteiger partial charge in [-0.1, -0.05) is 35.4 Å². The molecule has 2 unspecified atom stereocenters. The highest BCUT2D eigenvalue weighted by molar-refractivity contribution is 6.65. The molecule has 1 aliphatic heterocycles. The van der Waals surface area contributed by atoms with Crippen LogP contribution in [0.2, 0.25) is 0 Å². The first-order chi connectivity index (χ1) is 18.5. The van der Waals surface area contributed by atoms with Crippen molar-refractivity contribution in [2.75, 3.05) is 0 Å². The van der Waals surface area contributed by atoms with E-state index in [1.165, 1.54) is 20.8 Å². The Bertz CT molecular complexity index is 1550. The summed E-state index contributed by atoms with van der Waals surface area (Å²) in [5.74, 6) is -1.78. The Morgan fingerprint density at radius 1 is 0.825 bits per heavy atom. The first kappa shape index (κ1) is 32.3. The molecule has 0 fully saturated rings. The SMILES string of the molecule is CC(=O)C(C)C(=O)Cl.CC(=O)C(C)c1cc2cc(C)cc(C)c2c(=O)o1.Cc1cc(C)c2c(c1)CC(=O)OC2=O. The molecule has 1 aromatic heterocycles. The van der Waals surface area contributed by atoms with E-state index in [4.69, 9.17) is 16.0 Å². The maximum Gasteiger partial charge on any atom is 0.346 e. The van der Waals surface area contributed by atoms with Crippen molar-refractivity contribution in [2.24, 2.45) is 5.92 Å². The van der Waals surface area contributed by atoms with Gasteiger partial charge < -0.3 is 9.15 Å². The average Bonchev–Trinajstić information content (AvgIpc) is 2.81. The normalized spacial score (nSPS) is 13.5. The molecule has 40 heavy (non-hydrogen) atoms. The van der Waals surface area contributed by atoms with Crippen LogP contribution < -0.4 is 5.63 Å². The van der Waals surface area contributed by atoms with Gasteiger partial charge in [0.1, 0.15) is 17.3 Å². The first-order valence-electron chi connectivity index (χ1n) is 12.6. The summed E-state index contributed by atoms with van der Waals surface area (Å²) < 4.78 is 9.81. The Balaban J connectivity index is 0.000000227. The van der Waals surface area contributed by atoms with Crippen LogP contribution in [0, 0.1) is 33.6 Å². The van der Waals surface area contributed by atoms with E-state index in [0.29, 0.717) is 16.7 Å². The van der Waals surface area contributed by atoms with Crippen LogP contribution in [0.5, 0.6) is 0 Å². The number of esters is 2. The molecule has 2 atom stereocenters. The minimum atomic E-state index is -0.642. The second kappa shape index (κ2) is 13.4. The maximum atomic E-state index is 12.0. The Morgan fingerprint density at radius 3 is 1.93 bits per heavy atom. The molecule has 2 aromatic carbocycles. The molecule has 2 heterocycles. The Morgan fingerprint density at radius 2 is 1.40 bits per heavy atom. The fourth-order valence-corrected chi connectivity index (χ4v) is 4.29. The summed E-state index contributed by atoms with van der Waals surface area (Å²) in [5, 5.41) is 0.851. The fraction of sp³-hybridized carbons (Fsp3) is 0.355. The highest BCUT2D eigenvalue weighted by Crippen LogP contribution is 2.24. The molecule has 3 aromatic rings. The van der Waals surface area contributed by atoms with E-state index < -0.39 is 23.1 Å². The molecule has 0 saturated heterocycles. The van der Waals surface area contributed by atoms with Crippen molar-refractivity contribution in [3.8, 4) is 0 Å². The summed E-state index contributed by atoms with van der Waals surface area (Å²) in [6.07, 6.45) is 0.198. The molecule has 0 aliphatic carbocycles. The van der Waals surface area contributed by atoms with E-state index in [2.05, 4.69) is 4.74 Å². The molecular weight excluding hydrogens is 536 g/mol. The second-order valence-electron chi connectivity index (χ2n) is 10.0. The van der Waals surface area contributed by atoms with Gasteiger partial charge in [-0.25, -0.2) is 9.59 Å². The Hall–Kier alpha value is -3.91. The van der Waals surface area contributed by atoms with Crippen molar-refractivity contribution in [3.05, 3.63) is 79.9 Å². The van der Waals surface area contributed by atoms with Gasteiger partial charge in [0, 0.05) is 0 Å². The third-order valence-electron chi connectivity index (χ3n) is 6.52. The monoisotopic (exact) mass is 568 g/mol. The molecule has 0 bridgehead atoms. The van der Waals surface area contributed by atoms with E-state index >= 15 is 0 Å². The van der Waals surface area contributed by atoms with Crippen LogP contribution in [0.4, 0.5) is 0 Å². The number of rotatable bonds is 4. The number of Topliss-reactive ketones (excluding diaryl/α,β-unsaturated/α-hetero) is 2. The predicted molar refractivity (Wildman–Crippen MR) is 152 cm³/mol. The summed E-state index contributed by atoms with van der Waals surface area (Å²) in [5.41, 5.74) is 4.89.